The zero-order chi connectivity index (χ0) is 5.11. The second-order valence-electron chi connectivity index (χ2n) is 1.55. The highest BCUT2D eigenvalue weighted by Crippen LogP contribution is 1.89. The zero-order valence-corrected chi connectivity index (χ0v) is 4.36. The van der Waals surface area contributed by atoms with E-state index in [4.69, 9.17) is 0 Å². The molecule has 1 heteroatoms. The molecule has 1 nitrogen and oxygen atoms in total. The molecule has 1 heterocycles. The van der Waals surface area contributed by atoms with Gasteiger partial charge in [-0.25, -0.2) is 0 Å². The van der Waals surface area contributed by atoms with Gasteiger partial charge in [0.15, 0.2) is 11.8 Å². The Balaban J connectivity index is 2.57. The number of hydrogen-bond acceptors (Lipinski definition) is 1. The molecule has 7 heavy (non-hydrogen) atoms. The van der Waals surface area contributed by atoms with Crippen LogP contribution in [-0.4, -0.2) is 6.54 Å². The van der Waals surface area contributed by atoms with Crippen molar-refractivity contribution in [2.75, 3.05) is 6.54 Å². The fourth-order valence-corrected chi connectivity index (χ4v) is 0.506. The van der Waals surface area contributed by atoms with Gasteiger partial charge in [0.2, 0.25) is 0 Å². The van der Waals surface area contributed by atoms with E-state index >= 15 is 0 Å². The van der Waals surface area contributed by atoms with Gasteiger partial charge in [0.1, 0.15) is 12.6 Å². The predicted octanol–water partition coefficient (Wildman–Crippen LogP) is 0.853. The van der Waals surface area contributed by atoms with Crippen molar-refractivity contribution in [1.29, 1.82) is 0 Å². The van der Waals surface area contributed by atoms with Crippen molar-refractivity contribution in [1.82, 2.24) is 5.32 Å². The fourth-order valence-electron chi connectivity index (χ4n) is 0.506. The van der Waals surface area contributed by atoms with Crippen molar-refractivity contribution in [3.05, 3.63) is 23.9 Å². The van der Waals surface area contributed by atoms with Crippen molar-refractivity contribution in [2.45, 2.75) is 6.92 Å². The van der Waals surface area contributed by atoms with Gasteiger partial charge in [-0.15, -0.1) is 0 Å². The Kier molecular flexibility index (Phi) is 1.10. The molecule has 0 aromatic heterocycles. The second kappa shape index (κ2) is 1.76. The molecule has 1 aliphatic heterocycles. The van der Waals surface area contributed by atoms with Crippen LogP contribution < -0.4 is 5.32 Å². The molecule has 0 bridgehead atoms. The summed E-state index contributed by atoms with van der Waals surface area (Å²) in [6.07, 6.45) is 6.98. The van der Waals surface area contributed by atoms with Gasteiger partial charge in [-0.1, -0.05) is 0 Å². The van der Waals surface area contributed by atoms with Crippen LogP contribution in [0.5, 0.6) is 0 Å². The molecular formula is C6H8N+. The summed E-state index contributed by atoms with van der Waals surface area (Å²) in [5.74, 6) is 0. The molecule has 0 amide bonds. The molecule has 0 atom stereocenters. The molecule has 1 rings (SSSR count). The summed E-state index contributed by atoms with van der Waals surface area (Å²) in [6.45, 7) is 2.96. The molecule has 0 aromatic carbocycles. The van der Waals surface area contributed by atoms with Crippen molar-refractivity contribution in [3.8, 4) is 0 Å². The van der Waals surface area contributed by atoms with Crippen LogP contribution in [0.3, 0.4) is 0 Å². The molecule has 0 aliphatic carbocycles. The Morgan fingerprint density at radius 3 is 3.00 bits per heavy atom. The van der Waals surface area contributed by atoms with Gasteiger partial charge in [0.25, 0.3) is 0 Å². The van der Waals surface area contributed by atoms with E-state index in [9.17, 15) is 0 Å². The summed E-state index contributed by atoms with van der Waals surface area (Å²) in [5, 5.41) is 3.10. The third-order valence-corrected chi connectivity index (χ3v) is 0.903. The normalized spacial score (nSPS) is 17.0. The van der Waals surface area contributed by atoms with Gasteiger partial charge in [-0.2, -0.15) is 0 Å². The fraction of sp³-hybridized carbons (Fsp3) is 0.333. The lowest BCUT2D eigenvalue weighted by molar-refractivity contribution is 0.884. The second-order valence-corrected chi connectivity index (χ2v) is 1.55. The molecule has 0 spiro atoms. The third kappa shape index (κ3) is 1.02. The Morgan fingerprint density at radius 1 is 1.86 bits per heavy atom. The minimum atomic E-state index is 0.957. The molecule has 1 aliphatic rings. The summed E-state index contributed by atoms with van der Waals surface area (Å²) in [5.41, 5.74) is 1.13. The maximum Gasteiger partial charge on any atom is 0.159 e. The average molecular weight is 94.1 g/mol. The minimum absolute atomic E-state index is 0.957. The van der Waals surface area contributed by atoms with E-state index < -0.39 is 0 Å². The van der Waals surface area contributed by atoms with E-state index in [2.05, 4.69) is 11.4 Å². The molecule has 36 valence electrons. The maximum absolute atomic E-state index is 3.10. The Labute approximate surface area is 43.7 Å². The Bertz CT molecular complexity index is 111. The Morgan fingerprint density at radius 2 is 2.71 bits per heavy atom. The number of hydrogen-bond donors (Lipinski definition) is 1. The monoisotopic (exact) mass is 94.1 g/mol. The first kappa shape index (κ1) is 4.35. The zero-order valence-electron chi connectivity index (χ0n) is 4.36. The lowest BCUT2D eigenvalue weighted by atomic mass is 10.3. The van der Waals surface area contributed by atoms with Gasteiger partial charge >= 0.3 is 0 Å². The summed E-state index contributed by atoms with van der Waals surface area (Å²) in [7, 11) is 0. The van der Waals surface area contributed by atoms with Crippen LogP contribution in [0.1, 0.15) is 6.92 Å². The number of rotatable bonds is 0. The van der Waals surface area contributed by atoms with Crippen molar-refractivity contribution in [2.24, 2.45) is 0 Å². The number of nitrogens with one attached hydrogen (secondary N) is 1. The smallest absolute Gasteiger partial charge is 0.159 e. The lowest BCUT2D eigenvalue weighted by Crippen LogP contribution is -2.12. The molecule has 1 N–H and O–H groups in total. The predicted molar refractivity (Wildman–Crippen MR) is 29.6 cm³/mol. The summed E-state index contributed by atoms with van der Waals surface area (Å²) >= 11 is 0. The van der Waals surface area contributed by atoms with E-state index in [1.807, 2.05) is 19.1 Å². The highest BCUT2D eigenvalue weighted by atomic mass is 14.9. The standard InChI is InChI=1S/C6H8N/c1-6-4-2-3-5-7-6/h2-3,7H,5H2,1H3/q+1. The van der Waals surface area contributed by atoms with Crippen LogP contribution in [-0.2, 0) is 0 Å². The van der Waals surface area contributed by atoms with Crippen LogP contribution in [0.15, 0.2) is 17.8 Å². The number of dihydropyridines is 1. The highest BCUT2D eigenvalue weighted by Gasteiger charge is 1.97. The van der Waals surface area contributed by atoms with Crippen LogP contribution in [0.25, 0.3) is 0 Å². The van der Waals surface area contributed by atoms with Gasteiger partial charge in [-0.05, 0) is 0 Å². The maximum atomic E-state index is 3.10. The minimum Gasteiger partial charge on any atom is -0.344 e. The average Bonchev–Trinajstić information content (AvgIpc) is 1.69. The van der Waals surface area contributed by atoms with Gasteiger partial charge in [0.05, 0.1) is 6.08 Å². The molecule has 0 saturated heterocycles. The van der Waals surface area contributed by atoms with Crippen LogP contribution in [0.2, 0.25) is 0 Å². The van der Waals surface area contributed by atoms with E-state index in [1.165, 1.54) is 0 Å². The number of allylic oxidation sites excluding steroid dienone is 3. The molecule has 0 aromatic rings. The summed E-state index contributed by atoms with van der Waals surface area (Å²) < 4.78 is 0. The summed E-state index contributed by atoms with van der Waals surface area (Å²) in [6, 6.07) is 0. The SMILES string of the molecule is CC1=[C+]C=CCN1. The first-order valence-electron chi connectivity index (χ1n) is 2.38. The van der Waals surface area contributed by atoms with Crippen molar-refractivity contribution < 1.29 is 0 Å². The first-order valence-corrected chi connectivity index (χ1v) is 2.38. The molecule has 0 radical (unpaired) electrons. The van der Waals surface area contributed by atoms with Gasteiger partial charge in [0, 0.05) is 6.92 Å². The molecule has 0 saturated carbocycles. The van der Waals surface area contributed by atoms with Crippen molar-refractivity contribution >= 4 is 0 Å². The molecular weight excluding hydrogens is 86.1 g/mol. The van der Waals surface area contributed by atoms with Crippen LogP contribution >= 0.6 is 0 Å². The highest BCUT2D eigenvalue weighted by molar-refractivity contribution is 5.08. The van der Waals surface area contributed by atoms with Gasteiger partial charge in [-0.3, -0.25) is 0 Å². The third-order valence-electron chi connectivity index (χ3n) is 0.903. The lowest BCUT2D eigenvalue weighted by Gasteiger charge is -1.94. The Hall–Kier alpha value is -0.810. The van der Waals surface area contributed by atoms with Crippen molar-refractivity contribution in [3.63, 3.8) is 0 Å². The quantitative estimate of drug-likeness (QED) is 0.439. The van der Waals surface area contributed by atoms with E-state index in [0.29, 0.717) is 0 Å². The van der Waals surface area contributed by atoms with E-state index in [1.54, 1.807) is 0 Å². The van der Waals surface area contributed by atoms with Gasteiger partial charge < -0.3 is 5.32 Å². The first-order chi connectivity index (χ1) is 3.39. The van der Waals surface area contributed by atoms with E-state index in [0.717, 1.165) is 12.2 Å². The molecule has 0 fully saturated rings. The topological polar surface area (TPSA) is 12.0 Å². The van der Waals surface area contributed by atoms with Crippen LogP contribution in [0.4, 0.5) is 0 Å². The van der Waals surface area contributed by atoms with E-state index in [-0.39, 0.29) is 0 Å². The summed E-state index contributed by atoms with van der Waals surface area (Å²) in [4.78, 5) is 0. The van der Waals surface area contributed by atoms with Crippen LogP contribution in [0, 0.1) is 6.08 Å². The molecule has 0 unspecified atom stereocenters. The largest absolute Gasteiger partial charge is 0.344 e.